The molecule has 35 heavy (non-hydrogen) atoms. The second-order valence-corrected chi connectivity index (χ2v) is 11.6. The normalized spacial score (nSPS) is 21.5. The summed E-state index contributed by atoms with van der Waals surface area (Å²) < 4.78 is 23.9. The fraction of sp³-hybridized carbons (Fsp3) is 0.435. The van der Waals surface area contributed by atoms with E-state index in [1.165, 1.54) is 25.4 Å². The first-order valence-corrected chi connectivity index (χ1v) is 13.5. The van der Waals surface area contributed by atoms with Gasteiger partial charge in [0.2, 0.25) is 5.91 Å². The molecule has 186 valence electrons. The van der Waals surface area contributed by atoms with Gasteiger partial charge < -0.3 is 10.6 Å². The molecule has 2 atom stereocenters. The highest BCUT2D eigenvalue weighted by molar-refractivity contribution is 7.90. The van der Waals surface area contributed by atoms with E-state index in [0.29, 0.717) is 0 Å². The van der Waals surface area contributed by atoms with Gasteiger partial charge in [0.25, 0.3) is 5.91 Å². The van der Waals surface area contributed by atoms with Crippen LogP contribution in [0.1, 0.15) is 56.2 Å². The molecule has 2 heterocycles. The Morgan fingerprint density at radius 2 is 1.94 bits per heavy atom. The van der Waals surface area contributed by atoms with Gasteiger partial charge in [0.05, 0.1) is 28.0 Å². The first-order valence-electron chi connectivity index (χ1n) is 11.2. The smallest absolute Gasteiger partial charge is 0.318 e. The van der Waals surface area contributed by atoms with Crippen molar-refractivity contribution in [1.82, 2.24) is 20.6 Å². The van der Waals surface area contributed by atoms with Crippen LogP contribution in [0.5, 0.6) is 0 Å². The summed E-state index contributed by atoms with van der Waals surface area (Å²) in [5.41, 5.74) is -0.275. The minimum absolute atomic E-state index is 0.0636. The van der Waals surface area contributed by atoms with Gasteiger partial charge >= 0.3 is 6.03 Å². The molecule has 1 saturated carbocycles. The largest absolute Gasteiger partial charge is 0.322 e. The molecule has 4 amide bonds. The van der Waals surface area contributed by atoms with Gasteiger partial charge in [-0.15, -0.1) is 0 Å². The van der Waals surface area contributed by atoms with Crippen LogP contribution in [0.3, 0.4) is 0 Å². The predicted molar refractivity (Wildman–Crippen MR) is 129 cm³/mol. The maximum absolute atomic E-state index is 12.9. The van der Waals surface area contributed by atoms with Crippen molar-refractivity contribution >= 4 is 45.1 Å². The Morgan fingerprint density at radius 3 is 2.49 bits per heavy atom. The zero-order chi connectivity index (χ0) is 25.4. The van der Waals surface area contributed by atoms with E-state index in [2.05, 4.69) is 25.9 Å². The Hall–Kier alpha value is -3.05. The van der Waals surface area contributed by atoms with E-state index in [1.54, 1.807) is 12.1 Å². The lowest BCUT2D eigenvalue weighted by Crippen LogP contribution is -2.41. The fourth-order valence-electron chi connectivity index (χ4n) is 4.73. The quantitative estimate of drug-likeness (QED) is 0.476. The van der Waals surface area contributed by atoms with Crippen LogP contribution < -0.4 is 16.0 Å². The first kappa shape index (κ1) is 25.1. The lowest BCUT2D eigenvalue weighted by atomic mass is 9.82. The number of anilines is 1. The van der Waals surface area contributed by atoms with Crippen molar-refractivity contribution in [1.29, 1.82) is 0 Å². The number of nitrogens with zero attached hydrogens (tertiary/aromatic N) is 2. The van der Waals surface area contributed by atoms with Crippen LogP contribution in [0.15, 0.2) is 35.5 Å². The molecule has 2 aliphatic rings. The summed E-state index contributed by atoms with van der Waals surface area (Å²) >= 11 is 6.28. The van der Waals surface area contributed by atoms with Crippen molar-refractivity contribution in [2.45, 2.75) is 55.4 Å². The highest BCUT2D eigenvalue weighted by Gasteiger charge is 2.45. The van der Waals surface area contributed by atoms with Crippen LogP contribution in [-0.4, -0.2) is 42.5 Å². The molecular formula is C23H26ClN5O5S. The minimum atomic E-state index is -3.45. The standard InChI is InChI=1S/C23H26ClN5O5S/c1-23(21(31)28-22(32)29-23)18-11-26-19(12-25-18)27-20(30)10-15(13-5-3-4-6-13)14-7-8-17(16(24)9-14)35(2,33)34/h7-9,11-13,15H,3-6,10H2,1-2H3,(H,26,27,30)(H2,28,29,31,32). The molecule has 2 fully saturated rings. The third-order valence-corrected chi connectivity index (χ3v) is 8.21. The SMILES string of the molecule is CC1(c2cnc(NC(=O)CC(c3ccc(S(C)(=O)=O)c(Cl)c3)C3CCCC3)cn2)NC(=O)NC1=O. The molecule has 10 nitrogen and oxygen atoms in total. The number of urea groups is 1. The number of amides is 4. The van der Waals surface area contributed by atoms with Gasteiger partial charge in [-0.1, -0.05) is 30.5 Å². The molecule has 1 aliphatic heterocycles. The van der Waals surface area contributed by atoms with E-state index in [-0.39, 0.29) is 45.6 Å². The van der Waals surface area contributed by atoms with Gasteiger partial charge in [-0.2, -0.15) is 0 Å². The number of rotatable bonds is 7. The third kappa shape index (κ3) is 5.30. The topological polar surface area (TPSA) is 147 Å². The average molecular weight is 520 g/mol. The number of imide groups is 1. The number of hydrogen-bond donors (Lipinski definition) is 3. The zero-order valence-electron chi connectivity index (χ0n) is 19.3. The monoisotopic (exact) mass is 519 g/mol. The summed E-state index contributed by atoms with van der Waals surface area (Å²) in [5.74, 6) is -0.451. The maximum Gasteiger partial charge on any atom is 0.322 e. The van der Waals surface area contributed by atoms with Crippen molar-refractivity contribution in [3.8, 4) is 0 Å². The summed E-state index contributed by atoms with van der Waals surface area (Å²) in [5, 5.41) is 7.56. The molecular weight excluding hydrogens is 494 g/mol. The van der Waals surface area contributed by atoms with E-state index in [4.69, 9.17) is 11.6 Å². The highest BCUT2D eigenvalue weighted by atomic mass is 35.5. The van der Waals surface area contributed by atoms with Crippen LogP contribution in [-0.2, 0) is 25.0 Å². The number of carbonyl (C=O) groups is 3. The molecule has 4 rings (SSSR count). The molecule has 2 aromatic rings. The van der Waals surface area contributed by atoms with E-state index >= 15 is 0 Å². The Kier molecular flexibility index (Phi) is 6.83. The lowest BCUT2D eigenvalue weighted by molar-refractivity contribution is -0.123. The average Bonchev–Trinajstić information content (AvgIpc) is 3.39. The molecule has 0 bridgehead atoms. The van der Waals surface area contributed by atoms with Crippen LogP contribution in [0.25, 0.3) is 0 Å². The van der Waals surface area contributed by atoms with Crippen molar-refractivity contribution in [2.24, 2.45) is 5.92 Å². The number of sulfone groups is 1. The van der Waals surface area contributed by atoms with Crippen molar-refractivity contribution in [3.05, 3.63) is 46.9 Å². The number of hydrogen-bond acceptors (Lipinski definition) is 7. The third-order valence-electron chi connectivity index (χ3n) is 6.63. The second kappa shape index (κ2) is 9.54. The highest BCUT2D eigenvalue weighted by Crippen LogP contribution is 2.41. The second-order valence-electron chi connectivity index (χ2n) is 9.19. The van der Waals surface area contributed by atoms with Crippen molar-refractivity contribution in [2.75, 3.05) is 11.6 Å². The molecule has 1 aromatic heterocycles. The molecule has 1 aliphatic carbocycles. The Balaban J connectivity index is 1.50. The van der Waals surface area contributed by atoms with E-state index < -0.39 is 27.3 Å². The van der Waals surface area contributed by atoms with Gasteiger partial charge in [0, 0.05) is 12.7 Å². The van der Waals surface area contributed by atoms with Gasteiger partial charge in [-0.25, -0.2) is 18.2 Å². The van der Waals surface area contributed by atoms with Crippen molar-refractivity contribution in [3.63, 3.8) is 0 Å². The fourth-order valence-corrected chi connectivity index (χ4v) is 6.07. The molecule has 0 radical (unpaired) electrons. The summed E-state index contributed by atoms with van der Waals surface area (Å²) in [6.45, 7) is 1.52. The Labute approximate surface area is 208 Å². The van der Waals surface area contributed by atoms with Gasteiger partial charge in [0.1, 0.15) is 0 Å². The summed E-state index contributed by atoms with van der Waals surface area (Å²) in [6, 6.07) is 4.26. The van der Waals surface area contributed by atoms with Crippen LogP contribution >= 0.6 is 11.6 Å². The Bertz CT molecular complexity index is 1280. The van der Waals surface area contributed by atoms with Crippen LogP contribution in [0.2, 0.25) is 5.02 Å². The Morgan fingerprint density at radius 1 is 1.23 bits per heavy atom. The van der Waals surface area contributed by atoms with E-state index in [1.807, 2.05) is 0 Å². The number of aromatic nitrogens is 2. The predicted octanol–water partition coefficient (Wildman–Crippen LogP) is 2.89. The number of nitrogens with one attached hydrogen (secondary N) is 3. The number of carbonyl (C=O) groups excluding carboxylic acids is 3. The first-order chi connectivity index (χ1) is 16.5. The molecule has 1 aromatic carbocycles. The van der Waals surface area contributed by atoms with Gasteiger partial charge in [-0.3, -0.25) is 19.9 Å². The van der Waals surface area contributed by atoms with Crippen LogP contribution in [0.4, 0.5) is 10.6 Å². The van der Waals surface area contributed by atoms with Crippen LogP contribution in [0, 0.1) is 5.92 Å². The molecule has 1 saturated heterocycles. The zero-order valence-corrected chi connectivity index (χ0v) is 20.9. The summed E-state index contributed by atoms with van der Waals surface area (Å²) in [4.78, 5) is 44.9. The molecule has 0 spiro atoms. The molecule has 2 unspecified atom stereocenters. The summed E-state index contributed by atoms with van der Waals surface area (Å²) in [7, 11) is -3.45. The summed E-state index contributed by atoms with van der Waals surface area (Å²) in [6.07, 6.45) is 8.04. The molecule has 3 N–H and O–H groups in total. The van der Waals surface area contributed by atoms with Crippen molar-refractivity contribution < 1.29 is 22.8 Å². The number of benzene rings is 1. The maximum atomic E-state index is 12.9. The van der Waals surface area contributed by atoms with E-state index in [0.717, 1.165) is 37.5 Å². The lowest BCUT2D eigenvalue weighted by Gasteiger charge is -2.24. The van der Waals surface area contributed by atoms with Gasteiger partial charge in [-0.05, 0) is 49.3 Å². The van der Waals surface area contributed by atoms with Gasteiger partial charge in [0.15, 0.2) is 21.2 Å². The number of halogens is 1. The minimum Gasteiger partial charge on any atom is -0.318 e. The van der Waals surface area contributed by atoms with E-state index in [9.17, 15) is 22.8 Å². The molecule has 12 heteroatoms.